The molecule has 6 heteroatoms. The van der Waals surface area contributed by atoms with Crippen LogP contribution in [-0.4, -0.2) is 24.2 Å². The molecule has 0 spiro atoms. The number of nitrogens with zero attached hydrogens (tertiary/aromatic N) is 1. The molecule has 0 saturated heterocycles. The molecule has 0 bridgehead atoms. The van der Waals surface area contributed by atoms with Gasteiger partial charge in [0, 0.05) is 0 Å². The Kier molecular flexibility index (Phi) is 4.59. The van der Waals surface area contributed by atoms with E-state index in [0.717, 1.165) is 10.1 Å². The first-order valence-electron chi connectivity index (χ1n) is 8.26. The average molecular weight is 355 g/mol. The van der Waals surface area contributed by atoms with E-state index in [1.807, 2.05) is 12.1 Å². The summed E-state index contributed by atoms with van der Waals surface area (Å²) in [5.41, 5.74) is 1.71. The van der Waals surface area contributed by atoms with Gasteiger partial charge in [0.25, 0.3) is 5.91 Å². The number of benzene rings is 2. The van der Waals surface area contributed by atoms with E-state index < -0.39 is 11.7 Å². The summed E-state index contributed by atoms with van der Waals surface area (Å²) in [4.78, 5) is 24.7. The molecule has 2 aromatic carbocycles. The minimum Gasteiger partial charge on any atom is -0.497 e. The number of carbonyl (C=O) groups excluding carboxylic acids is 1. The fourth-order valence-corrected chi connectivity index (χ4v) is 2.60. The molecule has 1 heterocycles. The smallest absolute Gasteiger partial charge is 0.426 e. The third-order valence-electron chi connectivity index (χ3n) is 4.12. The van der Waals surface area contributed by atoms with Crippen molar-refractivity contribution in [1.29, 1.82) is 0 Å². The largest absolute Gasteiger partial charge is 0.497 e. The zero-order valence-corrected chi connectivity index (χ0v) is 15.2. The molecule has 136 valence electrons. The zero-order valence-electron chi connectivity index (χ0n) is 15.2. The highest BCUT2D eigenvalue weighted by atomic mass is 16.5. The highest BCUT2D eigenvalue weighted by molar-refractivity contribution is 5.90. The highest BCUT2D eigenvalue weighted by Crippen LogP contribution is 2.26. The van der Waals surface area contributed by atoms with Crippen molar-refractivity contribution in [2.45, 2.75) is 26.2 Å². The molecule has 0 fully saturated rings. The molecule has 0 aliphatic heterocycles. The van der Waals surface area contributed by atoms with Crippen molar-refractivity contribution < 1.29 is 18.7 Å². The van der Waals surface area contributed by atoms with Crippen LogP contribution in [0.25, 0.3) is 11.1 Å². The van der Waals surface area contributed by atoms with Gasteiger partial charge in [-0.25, -0.2) is 9.36 Å². The van der Waals surface area contributed by atoms with Gasteiger partial charge < -0.3 is 13.9 Å². The molecule has 0 saturated carbocycles. The average Bonchev–Trinajstić information content (AvgIpc) is 2.94. The Balaban J connectivity index is 1.87. The van der Waals surface area contributed by atoms with Crippen LogP contribution in [0.4, 0.5) is 0 Å². The monoisotopic (exact) mass is 355 g/mol. The van der Waals surface area contributed by atoms with E-state index in [1.54, 1.807) is 37.4 Å². The molecule has 26 heavy (non-hydrogen) atoms. The quantitative estimate of drug-likeness (QED) is 0.715. The second kappa shape index (κ2) is 6.71. The second-order valence-corrected chi connectivity index (χ2v) is 6.99. The topological polar surface area (TPSA) is 70.7 Å². The second-order valence-electron chi connectivity index (χ2n) is 6.99. The van der Waals surface area contributed by atoms with Crippen LogP contribution in [0.2, 0.25) is 0 Å². The van der Waals surface area contributed by atoms with E-state index >= 15 is 0 Å². The Hall–Kier alpha value is -3.02. The van der Waals surface area contributed by atoms with Gasteiger partial charge in [-0.2, -0.15) is 0 Å². The molecule has 0 aliphatic carbocycles. The first kappa shape index (κ1) is 17.8. The Bertz CT molecular complexity index is 990. The molecular formula is C20H21NO5. The van der Waals surface area contributed by atoms with Gasteiger partial charge in [0.05, 0.1) is 12.6 Å². The Morgan fingerprint density at radius 2 is 1.73 bits per heavy atom. The lowest BCUT2D eigenvalue weighted by atomic mass is 9.87. The predicted octanol–water partition coefficient (Wildman–Crippen LogP) is 3.62. The lowest BCUT2D eigenvalue weighted by Gasteiger charge is -2.18. The van der Waals surface area contributed by atoms with E-state index in [-0.39, 0.29) is 12.0 Å². The van der Waals surface area contributed by atoms with Crippen molar-refractivity contribution in [2.75, 3.05) is 13.7 Å². The molecule has 0 N–H and O–H groups in total. The third kappa shape index (κ3) is 3.49. The van der Waals surface area contributed by atoms with Crippen LogP contribution in [0.3, 0.4) is 0 Å². The van der Waals surface area contributed by atoms with Gasteiger partial charge in [0.1, 0.15) is 11.5 Å². The van der Waals surface area contributed by atoms with E-state index in [1.165, 1.54) is 0 Å². The number of hydrogen-bond acceptors (Lipinski definition) is 5. The normalized spacial score (nSPS) is 11.5. The van der Waals surface area contributed by atoms with Crippen LogP contribution in [0.15, 0.2) is 51.7 Å². The standard InChI is InChI=1S/C20H21NO5/c1-20(2,3)13-5-10-17-16(11-13)21(19(23)26-17)18(22)12-25-15-8-6-14(24-4)7-9-15/h5-11H,12H2,1-4H3. The molecule has 0 atom stereocenters. The summed E-state index contributed by atoms with van der Waals surface area (Å²) in [6.07, 6.45) is 0. The van der Waals surface area contributed by atoms with Gasteiger partial charge >= 0.3 is 5.76 Å². The molecule has 3 rings (SSSR count). The minimum absolute atomic E-state index is 0.116. The number of hydrogen-bond donors (Lipinski definition) is 0. The first-order chi connectivity index (χ1) is 12.3. The third-order valence-corrected chi connectivity index (χ3v) is 4.12. The molecule has 1 aromatic heterocycles. The lowest BCUT2D eigenvalue weighted by Crippen LogP contribution is -2.27. The minimum atomic E-state index is -0.714. The summed E-state index contributed by atoms with van der Waals surface area (Å²) in [5, 5.41) is 0. The Labute approximate surface area is 150 Å². The number of aromatic nitrogens is 1. The summed E-state index contributed by atoms with van der Waals surface area (Å²) in [5.74, 6) is -0.00386. The van der Waals surface area contributed by atoms with Gasteiger partial charge in [0.2, 0.25) is 0 Å². The number of methoxy groups -OCH3 is 1. The van der Waals surface area contributed by atoms with Crippen LogP contribution in [-0.2, 0) is 5.41 Å². The maximum Gasteiger partial charge on any atom is 0.426 e. The number of oxazole rings is 1. The fraction of sp³-hybridized carbons (Fsp3) is 0.300. The van der Waals surface area contributed by atoms with Gasteiger partial charge in [-0.3, -0.25) is 4.79 Å². The van der Waals surface area contributed by atoms with Gasteiger partial charge in [-0.1, -0.05) is 26.8 Å². The molecular weight excluding hydrogens is 334 g/mol. The highest BCUT2D eigenvalue weighted by Gasteiger charge is 2.20. The van der Waals surface area contributed by atoms with Gasteiger partial charge in [0.15, 0.2) is 12.2 Å². The van der Waals surface area contributed by atoms with E-state index in [4.69, 9.17) is 13.9 Å². The van der Waals surface area contributed by atoms with E-state index in [2.05, 4.69) is 20.8 Å². The predicted molar refractivity (Wildman–Crippen MR) is 98.3 cm³/mol. The van der Waals surface area contributed by atoms with Crippen LogP contribution in [0.1, 0.15) is 31.1 Å². The Morgan fingerprint density at radius 3 is 2.35 bits per heavy atom. The summed E-state index contributed by atoms with van der Waals surface area (Å²) < 4.78 is 16.8. The number of ether oxygens (including phenoxy) is 2. The van der Waals surface area contributed by atoms with Gasteiger partial charge in [-0.05, 0) is 47.4 Å². The van der Waals surface area contributed by atoms with E-state index in [0.29, 0.717) is 22.6 Å². The number of carbonyl (C=O) groups is 1. The molecule has 0 aliphatic rings. The van der Waals surface area contributed by atoms with Crippen molar-refractivity contribution >= 4 is 17.0 Å². The fourth-order valence-electron chi connectivity index (χ4n) is 2.60. The summed E-state index contributed by atoms with van der Waals surface area (Å²) in [7, 11) is 1.57. The van der Waals surface area contributed by atoms with Crippen molar-refractivity contribution in [3.8, 4) is 11.5 Å². The summed E-state index contributed by atoms with van der Waals surface area (Å²) >= 11 is 0. The molecule has 6 nitrogen and oxygen atoms in total. The lowest BCUT2D eigenvalue weighted by molar-refractivity contribution is 0.0834. The Morgan fingerprint density at radius 1 is 1.08 bits per heavy atom. The summed E-state index contributed by atoms with van der Waals surface area (Å²) in [6, 6.07) is 12.3. The maximum atomic E-state index is 12.6. The summed E-state index contributed by atoms with van der Waals surface area (Å²) in [6.45, 7) is 5.91. The molecule has 0 unspecified atom stereocenters. The zero-order chi connectivity index (χ0) is 18.9. The van der Waals surface area contributed by atoms with Crippen LogP contribution in [0, 0.1) is 0 Å². The molecule has 0 amide bonds. The maximum absolute atomic E-state index is 12.6. The van der Waals surface area contributed by atoms with Crippen molar-refractivity contribution in [2.24, 2.45) is 0 Å². The molecule has 0 radical (unpaired) electrons. The molecule has 3 aromatic rings. The van der Waals surface area contributed by atoms with Crippen molar-refractivity contribution in [1.82, 2.24) is 4.57 Å². The number of rotatable bonds is 4. The number of fused-ring (bicyclic) bond motifs is 1. The van der Waals surface area contributed by atoms with Crippen molar-refractivity contribution in [3.63, 3.8) is 0 Å². The van der Waals surface area contributed by atoms with Crippen LogP contribution < -0.4 is 15.2 Å². The van der Waals surface area contributed by atoms with Gasteiger partial charge in [-0.15, -0.1) is 0 Å². The SMILES string of the molecule is COc1ccc(OCC(=O)n2c(=O)oc3ccc(C(C)(C)C)cc32)cc1. The van der Waals surface area contributed by atoms with Crippen molar-refractivity contribution in [3.05, 3.63) is 58.6 Å². The first-order valence-corrected chi connectivity index (χ1v) is 8.26. The van der Waals surface area contributed by atoms with E-state index in [9.17, 15) is 9.59 Å². The van der Waals surface area contributed by atoms with Crippen LogP contribution in [0.5, 0.6) is 11.5 Å². The van der Waals surface area contributed by atoms with Crippen LogP contribution >= 0.6 is 0 Å².